The number of ether oxygens (including phenoxy) is 1. The van der Waals surface area contributed by atoms with E-state index in [1.807, 2.05) is 24.3 Å². The molecule has 3 rings (SSSR count). The van der Waals surface area contributed by atoms with Gasteiger partial charge in [0.15, 0.2) is 11.9 Å². The Hall–Kier alpha value is -1.65. The lowest BCUT2D eigenvalue weighted by molar-refractivity contribution is 0.0951. The van der Waals surface area contributed by atoms with E-state index in [2.05, 4.69) is 15.9 Å². The standard InChI is InChI=1S/C15H11BrO3/c16-10-7-5-9(6-8-10)14-15(19-14)13(18)11-3-1-2-4-12(11)17/h1-8,14-15,17H. The van der Waals surface area contributed by atoms with Gasteiger partial charge in [-0.25, -0.2) is 0 Å². The maximum absolute atomic E-state index is 12.2. The van der Waals surface area contributed by atoms with Crippen molar-refractivity contribution in [1.29, 1.82) is 0 Å². The van der Waals surface area contributed by atoms with Gasteiger partial charge in [0, 0.05) is 4.47 Å². The summed E-state index contributed by atoms with van der Waals surface area (Å²) in [5, 5.41) is 9.67. The number of Topliss-reactive ketones (excluding diaryl/α,β-unsaturated/α-hetero) is 1. The number of aromatic hydroxyl groups is 1. The van der Waals surface area contributed by atoms with Crippen molar-refractivity contribution in [2.45, 2.75) is 12.2 Å². The normalized spacial score (nSPS) is 21.1. The van der Waals surface area contributed by atoms with Crippen molar-refractivity contribution in [3.05, 3.63) is 64.1 Å². The molecule has 2 atom stereocenters. The predicted molar refractivity (Wildman–Crippen MR) is 74.2 cm³/mol. The third kappa shape index (κ3) is 2.41. The van der Waals surface area contributed by atoms with Gasteiger partial charge < -0.3 is 9.84 Å². The number of hydrogen-bond acceptors (Lipinski definition) is 3. The maximum Gasteiger partial charge on any atom is 0.198 e. The zero-order valence-electron chi connectivity index (χ0n) is 9.92. The number of halogens is 1. The second kappa shape index (κ2) is 4.79. The van der Waals surface area contributed by atoms with Crippen LogP contribution in [0, 0.1) is 0 Å². The first kappa shape index (κ1) is 12.4. The summed E-state index contributed by atoms with van der Waals surface area (Å²) in [4.78, 5) is 12.2. The molecule has 1 heterocycles. The van der Waals surface area contributed by atoms with Gasteiger partial charge in [0.05, 0.1) is 5.56 Å². The first-order valence-corrected chi connectivity index (χ1v) is 6.69. The molecule has 19 heavy (non-hydrogen) atoms. The Labute approximate surface area is 119 Å². The summed E-state index contributed by atoms with van der Waals surface area (Å²) in [5.41, 5.74) is 1.28. The van der Waals surface area contributed by atoms with Crippen LogP contribution in [0.5, 0.6) is 5.75 Å². The highest BCUT2D eigenvalue weighted by Gasteiger charge is 2.46. The maximum atomic E-state index is 12.2. The molecule has 0 bridgehead atoms. The monoisotopic (exact) mass is 318 g/mol. The molecule has 96 valence electrons. The molecule has 0 amide bonds. The number of hydrogen-bond donors (Lipinski definition) is 1. The Morgan fingerprint density at radius 3 is 2.47 bits per heavy atom. The zero-order valence-corrected chi connectivity index (χ0v) is 11.5. The summed E-state index contributed by atoms with van der Waals surface area (Å²) in [6, 6.07) is 14.2. The molecule has 0 spiro atoms. The summed E-state index contributed by atoms with van der Waals surface area (Å²) in [6.07, 6.45) is -0.699. The molecule has 3 nitrogen and oxygen atoms in total. The molecule has 1 aliphatic rings. The Kier molecular flexibility index (Phi) is 3.12. The number of rotatable bonds is 3. The Balaban J connectivity index is 1.78. The van der Waals surface area contributed by atoms with Gasteiger partial charge in [-0.15, -0.1) is 0 Å². The third-order valence-corrected chi connectivity index (χ3v) is 3.65. The summed E-state index contributed by atoms with van der Waals surface area (Å²) in [5.74, 6) is -0.177. The summed E-state index contributed by atoms with van der Waals surface area (Å²) in [7, 11) is 0. The van der Waals surface area contributed by atoms with Crippen molar-refractivity contribution in [2.24, 2.45) is 0 Å². The van der Waals surface area contributed by atoms with Crippen molar-refractivity contribution in [2.75, 3.05) is 0 Å². The Morgan fingerprint density at radius 1 is 1.11 bits per heavy atom. The number of para-hydroxylation sites is 1. The van der Waals surface area contributed by atoms with Gasteiger partial charge in [0.25, 0.3) is 0 Å². The molecule has 0 radical (unpaired) electrons. The molecule has 2 aromatic carbocycles. The van der Waals surface area contributed by atoms with Gasteiger partial charge in [-0.05, 0) is 29.8 Å². The lowest BCUT2D eigenvalue weighted by Gasteiger charge is -2.00. The number of ketones is 1. The minimum atomic E-state index is -0.491. The van der Waals surface area contributed by atoms with Crippen molar-refractivity contribution in [3.8, 4) is 5.75 Å². The van der Waals surface area contributed by atoms with Crippen LogP contribution < -0.4 is 0 Å². The van der Waals surface area contributed by atoms with Crippen LogP contribution in [0.15, 0.2) is 53.0 Å². The van der Waals surface area contributed by atoms with Crippen LogP contribution in [0.4, 0.5) is 0 Å². The number of phenolic OH excluding ortho intramolecular Hbond substituents is 1. The molecule has 1 fully saturated rings. The van der Waals surface area contributed by atoms with E-state index < -0.39 is 6.10 Å². The minimum absolute atomic E-state index is 0.00226. The fraction of sp³-hybridized carbons (Fsp3) is 0.133. The molecule has 1 N–H and O–H groups in total. The highest BCUT2D eigenvalue weighted by atomic mass is 79.9. The minimum Gasteiger partial charge on any atom is -0.507 e. The first-order valence-electron chi connectivity index (χ1n) is 5.90. The Morgan fingerprint density at radius 2 is 1.79 bits per heavy atom. The lowest BCUT2D eigenvalue weighted by atomic mass is 10.0. The number of phenols is 1. The van der Waals surface area contributed by atoms with E-state index in [-0.39, 0.29) is 17.6 Å². The number of carbonyl (C=O) groups is 1. The fourth-order valence-electron chi connectivity index (χ4n) is 2.05. The van der Waals surface area contributed by atoms with Crippen LogP contribution in [0.1, 0.15) is 22.0 Å². The first-order chi connectivity index (χ1) is 9.16. The van der Waals surface area contributed by atoms with E-state index in [1.54, 1.807) is 18.2 Å². The quantitative estimate of drug-likeness (QED) is 0.696. The van der Waals surface area contributed by atoms with E-state index in [0.29, 0.717) is 5.56 Å². The molecule has 0 aromatic heterocycles. The van der Waals surface area contributed by atoms with E-state index >= 15 is 0 Å². The number of benzene rings is 2. The molecule has 2 aromatic rings. The average molecular weight is 319 g/mol. The molecular weight excluding hydrogens is 308 g/mol. The topological polar surface area (TPSA) is 49.8 Å². The van der Waals surface area contributed by atoms with Crippen LogP contribution in [-0.2, 0) is 4.74 Å². The van der Waals surface area contributed by atoms with E-state index in [9.17, 15) is 9.90 Å². The van der Waals surface area contributed by atoms with E-state index in [1.165, 1.54) is 6.07 Å². The van der Waals surface area contributed by atoms with Crippen molar-refractivity contribution in [3.63, 3.8) is 0 Å². The van der Waals surface area contributed by atoms with Crippen LogP contribution >= 0.6 is 15.9 Å². The molecule has 1 saturated heterocycles. The van der Waals surface area contributed by atoms with Gasteiger partial charge in [-0.1, -0.05) is 40.2 Å². The largest absolute Gasteiger partial charge is 0.507 e. The highest BCUT2D eigenvalue weighted by Crippen LogP contribution is 2.41. The van der Waals surface area contributed by atoms with Crippen LogP contribution in [-0.4, -0.2) is 17.0 Å². The summed E-state index contributed by atoms with van der Waals surface area (Å²) in [6.45, 7) is 0. The second-order valence-corrected chi connectivity index (χ2v) is 5.33. The molecule has 0 saturated carbocycles. The highest BCUT2D eigenvalue weighted by molar-refractivity contribution is 9.10. The average Bonchev–Trinajstić information content (AvgIpc) is 3.20. The van der Waals surface area contributed by atoms with Crippen molar-refractivity contribution < 1.29 is 14.6 Å². The van der Waals surface area contributed by atoms with Crippen LogP contribution in [0.25, 0.3) is 0 Å². The summed E-state index contributed by atoms with van der Waals surface area (Å²) >= 11 is 3.36. The SMILES string of the molecule is O=C(c1ccccc1O)C1OC1c1ccc(Br)cc1. The van der Waals surface area contributed by atoms with Gasteiger partial charge in [-0.2, -0.15) is 0 Å². The predicted octanol–water partition coefficient (Wildman–Crippen LogP) is 3.48. The van der Waals surface area contributed by atoms with Crippen LogP contribution in [0.3, 0.4) is 0 Å². The molecule has 4 heteroatoms. The molecular formula is C15H11BrO3. The van der Waals surface area contributed by atoms with Gasteiger partial charge in [0.1, 0.15) is 11.9 Å². The number of epoxide rings is 1. The van der Waals surface area contributed by atoms with Crippen molar-refractivity contribution >= 4 is 21.7 Å². The van der Waals surface area contributed by atoms with Gasteiger partial charge in [-0.3, -0.25) is 4.79 Å². The zero-order chi connectivity index (χ0) is 13.4. The summed E-state index contributed by atoms with van der Waals surface area (Å²) < 4.78 is 6.42. The van der Waals surface area contributed by atoms with Gasteiger partial charge >= 0.3 is 0 Å². The lowest BCUT2D eigenvalue weighted by Crippen LogP contribution is -2.08. The second-order valence-electron chi connectivity index (χ2n) is 4.41. The van der Waals surface area contributed by atoms with E-state index in [0.717, 1.165) is 10.0 Å². The number of carbonyl (C=O) groups excluding carboxylic acids is 1. The third-order valence-electron chi connectivity index (χ3n) is 3.12. The van der Waals surface area contributed by atoms with Crippen LogP contribution in [0.2, 0.25) is 0 Å². The fourth-order valence-corrected chi connectivity index (χ4v) is 2.32. The van der Waals surface area contributed by atoms with Crippen molar-refractivity contribution in [1.82, 2.24) is 0 Å². The van der Waals surface area contributed by atoms with E-state index in [4.69, 9.17) is 4.74 Å². The molecule has 1 aliphatic heterocycles. The molecule has 0 aliphatic carbocycles. The molecule has 2 unspecified atom stereocenters. The smallest absolute Gasteiger partial charge is 0.198 e. The van der Waals surface area contributed by atoms with Gasteiger partial charge in [0.2, 0.25) is 0 Å². The Bertz CT molecular complexity index is 622.